The van der Waals surface area contributed by atoms with Crippen molar-refractivity contribution in [2.75, 3.05) is 13.2 Å². The minimum absolute atomic E-state index is 0.0694. The van der Waals surface area contributed by atoms with Gasteiger partial charge in [0.15, 0.2) is 0 Å². The molecule has 1 aliphatic carbocycles. The number of aliphatic carboxylic acids is 1. The van der Waals surface area contributed by atoms with Crippen molar-refractivity contribution in [3.63, 3.8) is 0 Å². The first kappa shape index (κ1) is 12.3. The van der Waals surface area contributed by atoms with Gasteiger partial charge < -0.3 is 20.9 Å². The molecule has 4 unspecified atom stereocenters. The monoisotopic (exact) mass is 242 g/mol. The Kier molecular flexibility index (Phi) is 3.63. The van der Waals surface area contributed by atoms with Crippen LogP contribution >= 0.6 is 0 Å². The summed E-state index contributed by atoms with van der Waals surface area (Å²) in [6, 6.07) is -0.308. The van der Waals surface area contributed by atoms with E-state index in [1.165, 1.54) is 0 Å². The lowest BCUT2D eigenvalue weighted by molar-refractivity contribution is -0.142. The summed E-state index contributed by atoms with van der Waals surface area (Å²) in [6.07, 6.45) is 2.34. The fraction of sp³-hybridized carbons (Fsp3) is 0.818. The Morgan fingerprint density at radius 3 is 2.65 bits per heavy atom. The van der Waals surface area contributed by atoms with Gasteiger partial charge in [-0.3, -0.25) is 9.59 Å². The lowest BCUT2D eigenvalue weighted by atomic mass is 10.0. The molecule has 17 heavy (non-hydrogen) atoms. The number of carboxylic acid groups (broad SMARTS) is 1. The molecule has 0 radical (unpaired) electrons. The molecule has 2 rings (SSSR count). The number of carboxylic acids is 1. The van der Waals surface area contributed by atoms with E-state index < -0.39 is 17.9 Å². The van der Waals surface area contributed by atoms with Crippen molar-refractivity contribution in [3.8, 4) is 0 Å². The SMILES string of the molecule is NC1CCC(C(=O)NC2COCC2C(=O)O)C1. The molecule has 96 valence electrons. The molecule has 0 bridgehead atoms. The summed E-state index contributed by atoms with van der Waals surface area (Å²) in [7, 11) is 0. The van der Waals surface area contributed by atoms with Crippen LogP contribution in [-0.2, 0) is 14.3 Å². The van der Waals surface area contributed by atoms with Gasteiger partial charge in [0.2, 0.25) is 5.91 Å². The van der Waals surface area contributed by atoms with Crippen molar-refractivity contribution in [2.24, 2.45) is 17.6 Å². The zero-order valence-corrected chi connectivity index (χ0v) is 9.59. The van der Waals surface area contributed by atoms with Gasteiger partial charge in [0, 0.05) is 12.0 Å². The third-order valence-electron chi connectivity index (χ3n) is 3.57. The zero-order chi connectivity index (χ0) is 12.4. The standard InChI is InChI=1S/C11H18N2O4/c12-7-2-1-6(3-7)10(14)13-9-5-17-4-8(9)11(15)16/h6-9H,1-5,12H2,(H,13,14)(H,15,16). The molecule has 6 nitrogen and oxygen atoms in total. The van der Waals surface area contributed by atoms with E-state index in [0.717, 1.165) is 12.8 Å². The van der Waals surface area contributed by atoms with Crippen LogP contribution in [0.3, 0.4) is 0 Å². The summed E-state index contributed by atoms with van der Waals surface area (Å²) in [5.74, 6) is -1.70. The third kappa shape index (κ3) is 2.76. The van der Waals surface area contributed by atoms with Crippen LogP contribution in [0.25, 0.3) is 0 Å². The number of rotatable bonds is 3. The fourth-order valence-corrected chi connectivity index (χ4v) is 2.50. The van der Waals surface area contributed by atoms with Gasteiger partial charge in [0.25, 0.3) is 0 Å². The third-order valence-corrected chi connectivity index (χ3v) is 3.57. The lowest BCUT2D eigenvalue weighted by Crippen LogP contribution is -2.44. The Hall–Kier alpha value is -1.14. The Morgan fingerprint density at radius 2 is 2.06 bits per heavy atom. The molecule has 1 saturated heterocycles. The summed E-state index contributed by atoms with van der Waals surface area (Å²) in [5, 5.41) is 11.7. The highest BCUT2D eigenvalue weighted by atomic mass is 16.5. The highest BCUT2D eigenvalue weighted by molar-refractivity contribution is 5.80. The maximum absolute atomic E-state index is 11.9. The molecule has 0 aromatic carbocycles. The van der Waals surface area contributed by atoms with E-state index >= 15 is 0 Å². The number of hydrogen-bond acceptors (Lipinski definition) is 4. The summed E-state index contributed by atoms with van der Waals surface area (Å²) in [4.78, 5) is 22.8. The highest BCUT2D eigenvalue weighted by Crippen LogP contribution is 2.25. The highest BCUT2D eigenvalue weighted by Gasteiger charge is 2.37. The molecule has 2 aliphatic rings. The predicted octanol–water partition coefficient (Wildman–Crippen LogP) is -0.670. The van der Waals surface area contributed by atoms with Crippen LogP contribution in [-0.4, -0.2) is 42.3 Å². The van der Waals surface area contributed by atoms with Crippen molar-refractivity contribution < 1.29 is 19.4 Å². The minimum atomic E-state index is -0.920. The van der Waals surface area contributed by atoms with Crippen LogP contribution < -0.4 is 11.1 Å². The molecular formula is C11H18N2O4. The largest absolute Gasteiger partial charge is 0.481 e. The van der Waals surface area contributed by atoms with Crippen molar-refractivity contribution in [3.05, 3.63) is 0 Å². The molecule has 0 aromatic rings. The Balaban J connectivity index is 1.88. The summed E-state index contributed by atoms with van der Waals surface area (Å²) >= 11 is 0. The lowest BCUT2D eigenvalue weighted by Gasteiger charge is -2.18. The van der Waals surface area contributed by atoms with Gasteiger partial charge in [-0.2, -0.15) is 0 Å². The van der Waals surface area contributed by atoms with E-state index in [4.69, 9.17) is 15.6 Å². The fourth-order valence-electron chi connectivity index (χ4n) is 2.50. The number of carbonyl (C=O) groups is 2. The van der Waals surface area contributed by atoms with Crippen LogP contribution in [0.5, 0.6) is 0 Å². The van der Waals surface area contributed by atoms with Gasteiger partial charge in [-0.05, 0) is 19.3 Å². The van der Waals surface area contributed by atoms with Gasteiger partial charge in [-0.25, -0.2) is 0 Å². The average Bonchev–Trinajstić information content (AvgIpc) is 2.86. The second-order valence-electron chi connectivity index (χ2n) is 4.87. The Labute approximate surface area is 99.5 Å². The van der Waals surface area contributed by atoms with E-state index in [2.05, 4.69) is 5.32 Å². The molecule has 1 aliphatic heterocycles. The van der Waals surface area contributed by atoms with Crippen molar-refractivity contribution in [1.29, 1.82) is 0 Å². The van der Waals surface area contributed by atoms with E-state index in [-0.39, 0.29) is 31.1 Å². The van der Waals surface area contributed by atoms with Crippen molar-refractivity contribution in [2.45, 2.75) is 31.3 Å². The zero-order valence-electron chi connectivity index (χ0n) is 9.59. The van der Waals surface area contributed by atoms with Gasteiger partial charge in [-0.1, -0.05) is 0 Å². The maximum atomic E-state index is 11.9. The van der Waals surface area contributed by atoms with Crippen LogP contribution in [0.2, 0.25) is 0 Å². The first-order chi connectivity index (χ1) is 8.08. The molecule has 1 amide bonds. The van der Waals surface area contributed by atoms with Crippen molar-refractivity contribution in [1.82, 2.24) is 5.32 Å². The van der Waals surface area contributed by atoms with Gasteiger partial charge in [0.05, 0.1) is 19.3 Å². The number of carbonyl (C=O) groups excluding carboxylic acids is 1. The normalized spacial score (nSPS) is 37.0. The Bertz CT molecular complexity index is 321. The van der Waals surface area contributed by atoms with Crippen molar-refractivity contribution >= 4 is 11.9 Å². The van der Waals surface area contributed by atoms with Crippen LogP contribution in [0.1, 0.15) is 19.3 Å². The second-order valence-corrected chi connectivity index (χ2v) is 4.87. The Morgan fingerprint density at radius 1 is 1.29 bits per heavy atom. The maximum Gasteiger partial charge on any atom is 0.311 e. The molecule has 1 saturated carbocycles. The number of ether oxygens (including phenoxy) is 1. The number of nitrogens with two attached hydrogens (primary N) is 1. The average molecular weight is 242 g/mol. The number of hydrogen-bond donors (Lipinski definition) is 3. The van der Waals surface area contributed by atoms with Crippen LogP contribution in [0.4, 0.5) is 0 Å². The van der Waals surface area contributed by atoms with E-state index in [9.17, 15) is 9.59 Å². The summed E-state index contributed by atoms with van der Waals surface area (Å²) in [5.41, 5.74) is 5.75. The van der Waals surface area contributed by atoms with Gasteiger partial charge >= 0.3 is 5.97 Å². The quantitative estimate of drug-likeness (QED) is 0.609. The van der Waals surface area contributed by atoms with Gasteiger partial charge in [0.1, 0.15) is 5.92 Å². The van der Waals surface area contributed by atoms with Crippen LogP contribution in [0.15, 0.2) is 0 Å². The molecule has 4 N–H and O–H groups in total. The number of nitrogens with one attached hydrogen (secondary N) is 1. The second kappa shape index (κ2) is 5.01. The first-order valence-corrected chi connectivity index (χ1v) is 5.94. The topological polar surface area (TPSA) is 102 Å². The van der Waals surface area contributed by atoms with E-state index in [1.54, 1.807) is 0 Å². The summed E-state index contributed by atoms with van der Waals surface area (Å²) in [6.45, 7) is 0.450. The van der Waals surface area contributed by atoms with E-state index in [0.29, 0.717) is 6.42 Å². The smallest absolute Gasteiger partial charge is 0.311 e. The molecule has 6 heteroatoms. The van der Waals surface area contributed by atoms with Gasteiger partial charge in [-0.15, -0.1) is 0 Å². The molecule has 1 heterocycles. The summed E-state index contributed by atoms with van der Waals surface area (Å²) < 4.78 is 5.10. The predicted molar refractivity (Wildman–Crippen MR) is 59.2 cm³/mol. The molecule has 4 atom stereocenters. The molecular weight excluding hydrogens is 224 g/mol. The minimum Gasteiger partial charge on any atom is -0.481 e. The van der Waals surface area contributed by atoms with E-state index in [1.807, 2.05) is 0 Å². The van der Waals surface area contributed by atoms with Crippen LogP contribution in [0, 0.1) is 11.8 Å². The first-order valence-electron chi connectivity index (χ1n) is 5.94. The molecule has 0 spiro atoms. The number of amides is 1. The molecule has 0 aromatic heterocycles. The molecule has 2 fully saturated rings.